The van der Waals surface area contributed by atoms with E-state index in [0.717, 1.165) is 16.8 Å². The van der Waals surface area contributed by atoms with Gasteiger partial charge in [-0.2, -0.15) is 0 Å². The average molecular weight is 302 g/mol. The van der Waals surface area contributed by atoms with Crippen LogP contribution in [0.3, 0.4) is 0 Å². The maximum atomic E-state index is 12.2. The number of hydrogen-bond acceptors (Lipinski definition) is 3. The van der Waals surface area contributed by atoms with Gasteiger partial charge in [-0.15, -0.1) is 0 Å². The molecule has 2 rings (SSSR count). The Balaban J connectivity index is 2.22. The lowest BCUT2D eigenvalue weighted by Crippen LogP contribution is -2.33. The molecule has 1 aromatic carbocycles. The van der Waals surface area contributed by atoms with Gasteiger partial charge in [0.1, 0.15) is 5.60 Å². The number of ether oxygens (including phenoxy) is 1. The topological polar surface area (TPSA) is 49.9 Å². The molecule has 118 valence electrons. The maximum Gasteiger partial charge on any atom is 0.410 e. The standard InChI is InChI=1S/C17H22N2O3/c1-6-15(20)18(5)14-9-7-8-12-10-19(11-13(12)14)16(21)22-17(2,3)4/h6-9H,1,10-11H2,2-5H3. The largest absolute Gasteiger partial charge is 0.444 e. The van der Waals surface area contributed by atoms with Gasteiger partial charge < -0.3 is 9.64 Å². The highest BCUT2D eigenvalue weighted by molar-refractivity contribution is 6.01. The van der Waals surface area contributed by atoms with Crippen LogP contribution in [0.15, 0.2) is 30.9 Å². The zero-order valence-corrected chi connectivity index (χ0v) is 13.5. The number of amides is 2. The summed E-state index contributed by atoms with van der Waals surface area (Å²) in [5.74, 6) is -0.177. The molecule has 0 radical (unpaired) electrons. The first kappa shape index (κ1) is 16.1. The molecule has 2 amide bonds. The summed E-state index contributed by atoms with van der Waals surface area (Å²) in [5.41, 5.74) is 2.29. The highest BCUT2D eigenvalue weighted by Crippen LogP contribution is 2.32. The van der Waals surface area contributed by atoms with Gasteiger partial charge in [-0.05, 0) is 38.5 Å². The molecule has 0 saturated carbocycles. The van der Waals surface area contributed by atoms with Crippen LogP contribution >= 0.6 is 0 Å². The Bertz CT molecular complexity index is 617. The highest BCUT2D eigenvalue weighted by atomic mass is 16.6. The molecule has 5 heteroatoms. The summed E-state index contributed by atoms with van der Waals surface area (Å²) in [6.07, 6.45) is 0.937. The number of nitrogens with zero attached hydrogens (tertiary/aromatic N) is 2. The smallest absolute Gasteiger partial charge is 0.410 e. The number of carbonyl (C=O) groups is 2. The molecular formula is C17H22N2O3. The average Bonchev–Trinajstić information content (AvgIpc) is 2.87. The first-order valence-electron chi connectivity index (χ1n) is 7.22. The molecule has 0 saturated heterocycles. The summed E-state index contributed by atoms with van der Waals surface area (Å²) in [7, 11) is 1.70. The number of carbonyl (C=O) groups excluding carboxylic acids is 2. The highest BCUT2D eigenvalue weighted by Gasteiger charge is 2.30. The van der Waals surface area contributed by atoms with Crippen molar-refractivity contribution in [1.82, 2.24) is 4.90 Å². The van der Waals surface area contributed by atoms with Gasteiger partial charge in [0, 0.05) is 24.8 Å². The molecule has 1 aliphatic rings. The van der Waals surface area contributed by atoms with E-state index in [1.807, 2.05) is 39.0 Å². The maximum absolute atomic E-state index is 12.2. The fourth-order valence-electron chi connectivity index (χ4n) is 2.43. The second-order valence-electron chi connectivity index (χ2n) is 6.35. The number of anilines is 1. The van der Waals surface area contributed by atoms with E-state index in [0.29, 0.717) is 13.1 Å². The van der Waals surface area contributed by atoms with E-state index in [2.05, 4.69) is 6.58 Å². The summed E-state index contributed by atoms with van der Waals surface area (Å²) in [6, 6.07) is 5.73. The zero-order valence-electron chi connectivity index (χ0n) is 13.5. The van der Waals surface area contributed by atoms with Crippen molar-refractivity contribution in [3.8, 4) is 0 Å². The first-order valence-corrected chi connectivity index (χ1v) is 7.22. The molecule has 1 aliphatic heterocycles. The Hall–Kier alpha value is -2.30. The fraction of sp³-hybridized carbons (Fsp3) is 0.412. The zero-order chi connectivity index (χ0) is 16.5. The Morgan fingerprint density at radius 2 is 2.00 bits per heavy atom. The third kappa shape index (κ3) is 3.30. The minimum absolute atomic E-state index is 0.177. The van der Waals surface area contributed by atoms with E-state index in [9.17, 15) is 9.59 Å². The number of benzene rings is 1. The molecule has 5 nitrogen and oxygen atoms in total. The van der Waals surface area contributed by atoms with Crippen molar-refractivity contribution in [2.45, 2.75) is 39.5 Å². The van der Waals surface area contributed by atoms with Crippen LogP contribution in [0.2, 0.25) is 0 Å². The van der Waals surface area contributed by atoms with E-state index in [4.69, 9.17) is 4.74 Å². The van der Waals surface area contributed by atoms with Crippen LogP contribution in [-0.4, -0.2) is 29.5 Å². The first-order chi connectivity index (χ1) is 10.2. The number of hydrogen-bond donors (Lipinski definition) is 0. The van der Waals surface area contributed by atoms with E-state index in [1.54, 1.807) is 16.8 Å². The Morgan fingerprint density at radius 1 is 1.32 bits per heavy atom. The van der Waals surface area contributed by atoms with Crippen molar-refractivity contribution in [3.63, 3.8) is 0 Å². The van der Waals surface area contributed by atoms with E-state index in [1.165, 1.54) is 6.08 Å². The molecular weight excluding hydrogens is 280 g/mol. The quantitative estimate of drug-likeness (QED) is 0.789. The van der Waals surface area contributed by atoms with Crippen LogP contribution in [0.25, 0.3) is 0 Å². The molecule has 1 aromatic rings. The lowest BCUT2D eigenvalue weighted by atomic mass is 10.1. The van der Waals surface area contributed by atoms with E-state index >= 15 is 0 Å². The van der Waals surface area contributed by atoms with Gasteiger partial charge in [0.2, 0.25) is 5.91 Å². The summed E-state index contributed by atoms with van der Waals surface area (Å²) in [5, 5.41) is 0. The van der Waals surface area contributed by atoms with E-state index < -0.39 is 5.60 Å². The van der Waals surface area contributed by atoms with E-state index in [-0.39, 0.29) is 12.0 Å². The number of rotatable bonds is 2. The van der Waals surface area contributed by atoms with Gasteiger partial charge in [-0.1, -0.05) is 18.7 Å². The van der Waals surface area contributed by atoms with Crippen LogP contribution in [0.5, 0.6) is 0 Å². The van der Waals surface area contributed by atoms with Gasteiger partial charge >= 0.3 is 6.09 Å². The minimum Gasteiger partial charge on any atom is -0.444 e. The molecule has 0 atom stereocenters. The summed E-state index contributed by atoms with van der Waals surface area (Å²) in [4.78, 5) is 27.2. The third-order valence-electron chi connectivity index (χ3n) is 3.48. The molecule has 1 heterocycles. The third-order valence-corrected chi connectivity index (χ3v) is 3.48. The van der Waals surface area contributed by atoms with Crippen LogP contribution in [0.4, 0.5) is 10.5 Å². The van der Waals surface area contributed by atoms with Crippen molar-refractivity contribution in [2.75, 3.05) is 11.9 Å². The Kier molecular flexibility index (Phi) is 4.26. The van der Waals surface area contributed by atoms with Crippen molar-refractivity contribution in [1.29, 1.82) is 0 Å². The molecule has 0 N–H and O–H groups in total. The normalized spacial score (nSPS) is 13.5. The van der Waals surface area contributed by atoms with Crippen LogP contribution in [-0.2, 0) is 22.6 Å². The van der Waals surface area contributed by atoms with Gasteiger partial charge in [0.15, 0.2) is 0 Å². The predicted octanol–water partition coefficient (Wildman–Crippen LogP) is 3.09. The lowest BCUT2D eigenvalue weighted by molar-refractivity contribution is -0.113. The molecule has 0 unspecified atom stereocenters. The summed E-state index contributed by atoms with van der Waals surface area (Å²) < 4.78 is 5.41. The molecule has 0 spiro atoms. The van der Waals surface area contributed by atoms with Gasteiger partial charge in [-0.3, -0.25) is 9.69 Å². The van der Waals surface area contributed by atoms with Crippen LogP contribution in [0.1, 0.15) is 31.9 Å². The molecule has 22 heavy (non-hydrogen) atoms. The van der Waals surface area contributed by atoms with Gasteiger partial charge in [0.05, 0.1) is 6.54 Å². The van der Waals surface area contributed by atoms with Crippen molar-refractivity contribution in [2.24, 2.45) is 0 Å². The molecule has 0 bridgehead atoms. The van der Waals surface area contributed by atoms with Gasteiger partial charge in [-0.25, -0.2) is 4.79 Å². The van der Waals surface area contributed by atoms with Gasteiger partial charge in [0.25, 0.3) is 0 Å². The molecule has 0 aliphatic carbocycles. The van der Waals surface area contributed by atoms with Crippen LogP contribution in [0, 0.1) is 0 Å². The van der Waals surface area contributed by atoms with Crippen molar-refractivity contribution in [3.05, 3.63) is 42.0 Å². The Morgan fingerprint density at radius 3 is 2.59 bits per heavy atom. The number of likely N-dealkylation sites (N-methyl/N-ethyl adjacent to an activating group) is 1. The monoisotopic (exact) mass is 302 g/mol. The predicted molar refractivity (Wildman–Crippen MR) is 85.5 cm³/mol. The van der Waals surface area contributed by atoms with Crippen molar-refractivity contribution >= 4 is 17.7 Å². The SMILES string of the molecule is C=CC(=O)N(C)c1cccc2c1CN(C(=O)OC(C)(C)C)C2. The number of fused-ring (bicyclic) bond motifs is 1. The van der Waals surface area contributed by atoms with Crippen LogP contribution < -0.4 is 4.90 Å². The van der Waals surface area contributed by atoms with Crippen molar-refractivity contribution < 1.29 is 14.3 Å². The molecule has 0 aromatic heterocycles. The molecule has 0 fully saturated rings. The minimum atomic E-state index is -0.524. The lowest BCUT2D eigenvalue weighted by Gasteiger charge is -2.24. The second kappa shape index (κ2) is 5.83. The fourth-order valence-corrected chi connectivity index (χ4v) is 2.43. The summed E-state index contributed by atoms with van der Waals surface area (Å²) >= 11 is 0. The summed E-state index contributed by atoms with van der Waals surface area (Å²) in [6.45, 7) is 9.97. The Labute approximate surface area is 131 Å². The second-order valence-corrected chi connectivity index (χ2v) is 6.35.